The van der Waals surface area contributed by atoms with Crippen molar-refractivity contribution in [1.82, 2.24) is 5.32 Å². The Morgan fingerprint density at radius 1 is 1.75 bits per heavy atom. The minimum Gasteiger partial charge on any atom is -0.383 e. The van der Waals surface area contributed by atoms with E-state index in [0.29, 0.717) is 0 Å². The highest BCUT2D eigenvalue weighted by Gasteiger charge is 2.56. The van der Waals surface area contributed by atoms with E-state index in [1.807, 2.05) is 0 Å². The average molecular weight is 119 g/mol. The molecule has 1 N–H and O–H groups in total. The highest BCUT2D eigenvalue weighted by molar-refractivity contribution is 5.03. The van der Waals surface area contributed by atoms with Gasteiger partial charge < -0.3 is 5.32 Å². The molecule has 1 saturated carbocycles. The maximum absolute atomic E-state index is 11.9. The molecule has 1 atom stereocenters. The smallest absolute Gasteiger partial charge is 0.270 e. The Balaban J connectivity index is 2.26. The Hall–Kier alpha value is -0.600. The quantitative estimate of drug-likeness (QED) is 0.574. The fourth-order valence-corrected chi connectivity index (χ4v) is 0.536. The summed E-state index contributed by atoms with van der Waals surface area (Å²) in [5.41, 5.74) is 0. The van der Waals surface area contributed by atoms with Gasteiger partial charge in [0, 0.05) is 6.42 Å². The lowest BCUT2D eigenvalue weighted by Gasteiger charge is -1.93. The van der Waals surface area contributed by atoms with E-state index in [9.17, 15) is 8.78 Å². The topological polar surface area (TPSA) is 12.0 Å². The van der Waals surface area contributed by atoms with Gasteiger partial charge in [0.25, 0.3) is 5.92 Å². The van der Waals surface area contributed by atoms with E-state index in [2.05, 4.69) is 11.9 Å². The number of hydrogen-bond donors (Lipinski definition) is 1. The van der Waals surface area contributed by atoms with Gasteiger partial charge in [0.15, 0.2) is 0 Å². The summed E-state index contributed by atoms with van der Waals surface area (Å²) in [5, 5.41) is 2.42. The molecule has 0 bridgehead atoms. The molecule has 3 heteroatoms. The molecular formula is C5H7F2N. The molecule has 0 heterocycles. The molecule has 8 heavy (non-hydrogen) atoms. The summed E-state index contributed by atoms with van der Waals surface area (Å²) in [5.74, 6) is -2.46. The van der Waals surface area contributed by atoms with Gasteiger partial charge >= 0.3 is 0 Å². The summed E-state index contributed by atoms with van der Waals surface area (Å²) < 4.78 is 23.7. The second-order valence-corrected chi connectivity index (χ2v) is 1.89. The highest BCUT2D eigenvalue weighted by atomic mass is 19.3. The fourth-order valence-electron chi connectivity index (χ4n) is 0.536. The summed E-state index contributed by atoms with van der Waals surface area (Å²) in [4.78, 5) is 0. The molecule has 0 saturated heterocycles. The normalized spacial score (nSPS) is 31.5. The van der Waals surface area contributed by atoms with Crippen molar-refractivity contribution in [1.29, 1.82) is 0 Å². The Bertz CT molecular complexity index is 111. The molecule has 0 radical (unpaired) electrons. The van der Waals surface area contributed by atoms with E-state index in [1.54, 1.807) is 0 Å². The van der Waals surface area contributed by atoms with Crippen molar-refractivity contribution in [3.63, 3.8) is 0 Å². The lowest BCUT2D eigenvalue weighted by Crippen LogP contribution is -2.14. The fraction of sp³-hybridized carbons (Fsp3) is 0.600. The minimum absolute atomic E-state index is 0.0426. The Morgan fingerprint density at radius 3 is 2.38 bits per heavy atom. The van der Waals surface area contributed by atoms with Crippen LogP contribution in [0, 0.1) is 0 Å². The van der Waals surface area contributed by atoms with Gasteiger partial charge in [0.1, 0.15) is 0 Å². The van der Waals surface area contributed by atoms with Crippen LogP contribution in [0.5, 0.6) is 0 Å². The van der Waals surface area contributed by atoms with Crippen LogP contribution in [-0.2, 0) is 0 Å². The molecule has 0 amide bonds. The molecule has 1 aliphatic carbocycles. The Morgan fingerprint density at radius 2 is 2.25 bits per heavy atom. The van der Waals surface area contributed by atoms with E-state index in [1.165, 1.54) is 6.20 Å². The first-order valence-corrected chi connectivity index (χ1v) is 2.41. The molecule has 1 fully saturated rings. The molecular weight excluding hydrogens is 112 g/mol. The SMILES string of the molecule is C=CNC1CC1(F)F. The van der Waals surface area contributed by atoms with Crippen LogP contribution in [0.15, 0.2) is 12.8 Å². The first-order chi connectivity index (χ1) is 3.67. The molecule has 1 aliphatic rings. The van der Waals surface area contributed by atoms with Crippen LogP contribution in [0.1, 0.15) is 6.42 Å². The largest absolute Gasteiger partial charge is 0.383 e. The van der Waals surface area contributed by atoms with Crippen molar-refractivity contribution in [2.45, 2.75) is 18.4 Å². The zero-order valence-electron chi connectivity index (χ0n) is 4.32. The van der Waals surface area contributed by atoms with Crippen molar-refractivity contribution in [3.05, 3.63) is 12.8 Å². The van der Waals surface area contributed by atoms with Gasteiger partial charge in [-0.05, 0) is 6.20 Å². The molecule has 46 valence electrons. The summed E-state index contributed by atoms with van der Waals surface area (Å²) in [6.07, 6.45) is 1.25. The van der Waals surface area contributed by atoms with Gasteiger partial charge in [-0.25, -0.2) is 8.78 Å². The number of halogens is 2. The van der Waals surface area contributed by atoms with Crippen LogP contribution >= 0.6 is 0 Å². The zero-order valence-corrected chi connectivity index (χ0v) is 4.32. The molecule has 0 aromatic heterocycles. The van der Waals surface area contributed by atoms with Crippen LogP contribution < -0.4 is 5.32 Å². The maximum Gasteiger partial charge on any atom is 0.270 e. The van der Waals surface area contributed by atoms with E-state index < -0.39 is 12.0 Å². The van der Waals surface area contributed by atoms with Crippen molar-refractivity contribution >= 4 is 0 Å². The first kappa shape index (κ1) is 5.54. The van der Waals surface area contributed by atoms with E-state index >= 15 is 0 Å². The van der Waals surface area contributed by atoms with Crippen LogP contribution in [-0.4, -0.2) is 12.0 Å². The summed E-state index contributed by atoms with van der Waals surface area (Å²) in [6.45, 7) is 3.26. The maximum atomic E-state index is 11.9. The highest BCUT2D eigenvalue weighted by Crippen LogP contribution is 2.41. The molecule has 1 rings (SSSR count). The van der Waals surface area contributed by atoms with Gasteiger partial charge in [-0.2, -0.15) is 0 Å². The molecule has 0 aliphatic heterocycles. The number of hydrogen-bond acceptors (Lipinski definition) is 1. The summed E-state index contributed by atoms with van der Waals surface area (Å²) in [6, 6.07) is -0.639. The third-order valence-corrected chi connectivity index (χ3v) is 1.14. The lowest BCUT2D eigenvalue weighted by atomic mass is 10.7. The van der Waals surface area contributed by atoms with Gasteiger partial charge in [-0.15, -0.1) is 0 Å². The van der Waals surface area contributed by atoms with Crippen molar-refractivity contribution < 1.29 is 8.78 Å². The number of rotatable bonds is 2. The first-order valence-electron chi connectivity index (χ1n) is 2.41. The number of nitrogens with one attached hydrogen (secondary N) is 1. The standard InChI is InChI=1S/C5H7F2N/c1-2-8-4-3-5(4,6)7/h2,4,8H,1,3H2. The second kappa shape index (κ2) is 1.44. The molecule has 0 aromatic carbocycles. The van der Waals surface area contributed by atoms with Crippen molar-refractivity contribution in [3.8, 4) is 0 Å². The molecule has 0 aromatic rings. The van der Waals surface area contributed by atoms with Crippen LogP contribution in [0.25, 0.3) is 0 Å². The van der Waals surface area contributed by atoms with Crippen molar-refractivity contribution in [2.75, 3.05) is 0 Å². The summed E-state index contributed by atoms with van der Waals surface area (Å²) in [7, 11) is 0. The predicted octanol–water partition coefficient (Wildman–Crippen LogP) is 1.13. The monoisotopic (exact) mass is 119 g/mol. The van der Waals surface area contributed by atoms with E-state index in [-0.39, 0.29) is 6.42 Å². The second-order valence-electron chi connectivity index (χ2n) is 1.89. The van der Waals surface area contributed by atoms with E-state index in [0.717, 1.165) is 0 Å². The van der Waals surface area contributed by atoms with Crippen LogP contribution in [0.4, 0.5) is 8.78 Å². The number of alkyl halides is 2. The zero-order chi connectivity index (χ0) is 6.20. The lowest BCUT2D eigenvalue weighted by molar-refractivity contribution is 0.109. The van der Waals surface area contributed by atoms with Crippen LogP contribution in [0.2, 0.25) is 0 Å². The van der Waals surface area contributed by atoms with Gasteiger partial charge in [-0.1, -0.05) is 6.58 Å². The van der Waals surface area contributed by atoms with Gasteiger partial charge in [0.2, 0.25) is 0 Å². The Kier molecular flexibility index (Phi) is 0.994. The summed E-state index contributed by atoms with van der Waals surface area (Å²) >= 11 is 0. The molecule has 1 unspecified atom stereocenters. The third-order valence-electron chi connectivity index (χ3n) is 1.14. The van der Waals surface area contributed by atoms with E-state index in [4.69, 9.17) is 0 Å². The predicted molar refractivity (Wildman–Crippen MR) is 26.7 cm³/mol. The van der Waals surface area contributed by atoms with Gasteiger partial charge in [0.05, 0.1) is 6.04 Å². The Labute approximate surface area is 46.4 Å². The third kappa shape index (κ3) is 0.804. The van der Waals surface area contributed by atoms with Crippen molar-refractivity contribution in [2.24, 2.45) is 0 Å². The average Bonchev–Trinajstić information content (AvgIpc) is 2.15. The molecule has 0 spiro atoms. The van der Waals surface area contributed by atoms with Gasteiger partial charge in [-0.3, -0.25) is 0 Å². The minimum atomic E-state index is -2.46. The molecule has 1 nitrogen and oxygen atoms in total. The van der Waals surface area contributed by atoms with Crippen LogP contribution in [0.3, 0.4) is 0 Å².